The third-order valence-electron chi connectivity index (χ3n) is 6.55. The number of nitrogens with zero attached hydrogens (tertiary/aromatic N) is 2. The van der Waals surface area contributed by atoms with Gasteiger partial charge in [-0.15, -0.1) is 11.8 Å². The van der Waals surface area contributed by atoms with Crippen LogP contribution in [-0.4, -0.2) is 36.3 Å². The van der Waals surface area contributed by atoms with Gasteiger partial charge in [-0.3, -0.25) is 19.4 Å². The van der Waals surface area contributed by atoms with Crippen molar-refractivity contribution < 1.29 is 9.59 Å². The number of carbonyl (C=O) groups is 2. The van der Waals surface area contributed by atoms with Crippen molar-refractivity contribution in [2.45, 2.75) is 35.3 Å². The molecule has 168 valence electrons. The van der Waals surface area contributed by atoms with Gasteiger partial charge < -0.3 is 0 Å². The zero-order valence-corrected chi connectivity index (χ0v) is 19.5. The molecule has 0 saturated carbocycles. The fraction of sp³-hybridized carbons (Fsp3) is 0.286. The molecule has 0 aromatic heterocycles. The van der Waals surface area contributed by atoms with Crippen LogP contribution in [0.5, 0.6) is 0 Å². The summed E-state index contributed by atoms with van der Waals surface area (Å²) in [5, 5.41) is 0. The van der Waals surface area contributed by atoms with Gasteiger partial charge in [-0.05, 0) is 44.1 Å². The Morgan fingerprint density at radius 2 is 1.45 bits per heavy atom. The van der Waals surface area contributed by atoms with E-state index < -0.39 is 4.75 Å². The average Bonchev–Trinajstić information content (AvgIpc) is 3.08. The number of hydrogen-bond donors (Lipinski definition) is 0. The monoisotopic (exact) mass is 456 g/mol. The number of ketones is 1. The molecule has 1 unspecified atom stereocenters. The van der Waals surface area contributed by atoms with Crippen molar-refractivity contribution in [2.24, 2.45) is 0 Å². The van der Waals surface area contributed by atoms with Crippen LogP contribution in [0.25, 0.3) is 0 Å². The molecule has 5 heteroatoms. The highest BCUT2D eigenvalue weighted by Crippen LogP contribution is 2.54. The minimum absolute atomic E-state index is 0.00686. The van der Waals surface area contributed by atoms with E-state index >= 15 is 0 Å². The van der Waals surface area contributed by atoms with E-state index in [0.717, 1.165) is 29.2 Å². The zero-order chi connectivity index (χ0) is 22.7. The summed E-state index contributed by atoms with van der Waals surface area (Å²) in [6, 6.07) is 27.3. The number of anilines is 1. The topological polar surface area (TPSA) is 40.6 Å². The summed E-state index contributed by atoms with van der Waals surface area (Å²) in [5.41, 5.74) is 2.51. The van der Waals surface area contributed by atoms with Crippen LogP contribution < -0.4 is 4.90 Å². The summed E-state index contributed by atoms with van der Waals surface area (Å²) in [6.45, 7) is 2.59. The van der Waals surface area contributed by atoms with E-state index in [0.29, 0.717) is 12.2 Å². The third kappa shape index (κ3) is 4.35. The highest BCUT2D eigenvalue weighted by Gasteiger charge is 2.53. The number of para-hydroxylation sites is 1. The predicted octanol–water partition coefficient (Wildman–Crippen LogP) is 5.74. The maximum Gasteiger partial charge on any atom is 0.249 e. The largest absolute Gasteiger partial charge is 0.297 e. The first kappa shape index (κ1) is 21.9. The Balaban J connectivity index is 1.56. The predicted molar refractivity (Wildman–Crippen MR) is 134 cm³/mol. The average molecular weight is 457 g/mol. The number of hydrogen-bond acceptors (Lipinski definition) is 4. The van der Waals surface area contributed by atoms with Crippen LogP contribution in [0, 0.1) is 0 Å². The van der Waals surface area contributed by atoms with Gasteiger partial charge in [0.15, 0.2) is 5.78 Å². The molecule has 0 radical (unpaired) electrons. The van der Waals surface area contributed by atoms with E-state index in [-0.39, 0.29) is 18.1 Å². The SMILES string of the molecule is O=C(CC1(Sc2ccccc2)C(=O)N(CN2CCCCC2)c2ccccc21)c1ccccc1. The first-order chi connectivity index (χ1) is 16.2. The lowest BCUT2D eigenvalue weighted by Crippen LogP contribution is -2.46. The van der Waals surface area contributed by atoms with E-state index in [1.165, 1.54) is 31.0 Å². The van der Waals surface area contributed by atoms with E-state index in [9.17, 15) is 9.59 Å². The lowest BCUT2D eigenvalue weighted by Gasteiger charge is -2.32. The maximum atomic E-state index is 14.3. The third-order valence-corrected chi connectivity index (χ3v) is 7.95. The van der Waals surface area contributed by atoms with Crippen molar-refractivity contribution in [1.29, 1.82) is 0 Å². The Kier molecular flexibility index (Phi) is 6.34. The molecule has 4 nitrogen and oxygen atoms in total. The van der Waals surface area contributed by atoms with Crippen molar-refractivity contribution in [3.05, 3.63) is 96.1 Å². The molecule has 1 atom stereocenters. The van der Waals surface area contributed by atoms with Crippen molar-refractivity contribution in [2.75, 3.05) is 24.7 Å². The van der Waals surface area contributed by atoms with Gasteiger partial charge in [-0.2, -0.15) is 0 Å². The van der Waals surface area contributed by atoms with Gasteiger partial charge >= 0.3 is 0 Å². The quantitative estimate of drug-likeness (QED) is 0.425. The number of benzene rings is 3. The van der Waals surface area contributed by atoms with E-state index in [4.69, 9.17) is 0 Å². The second-order valence-corrected chi connectivity index (χ2v) is 10.2. The molecule has 3 aromatic carbocycles. The fourth-order valence-electron chi connectivity index (χ4n) is 4.88. The van der Waals surface area contributed by atoms with E-state index in [1.807, 2.05) is 89.8 Å². The van der Waals surface area contributed by atoms with Crippen LogP contribution >= 0.6 is 11.8 Å². The molecule has 3 aromatic rings. The summed E-state index contributed by atoms with van der Waals surface area (Å²) in [6.07, 6.45) is 3.71. The molecule has 0 N–H and O–H groups in total. The molecule has 5 rings (SSSR count). The minimum Gasteiger partial charge on any atom is -0.297 e. The number of thioether (sulfide) groups is 1. The molecule has 1 amide bonds. The molecular formula is C28H28N2O2S. The highest BCUT2D eigenvalue weighted by molar-refractivity contribution is 8.01. The summed E-state index contributed by atoms with van der Waals surface area (Å²) < 4.78 is -0.985. The number of rotatable bonds is 7. The van der Waals surface area contributed by atoms with Crippen LogP contribution in [0.4, 0.5) is 5.69 Å². The normalized spacial score (nSPS) is 20.6. The van der Waals surface area contributed by atoms with E-state index in [1.54, 1.807) is 0 Å². The number of Topliss-reactive ketones (excluding diaryl/α,β-unsaturated/α-hetero) is 1. The van der Waals surface area contributed by atoms with Gasteiger partial charge in [0.05, 0.1) is 12.4 Å². The van der Waals surface area contributed by atoms with Gasteiger partial charge in [0.25, 0.3) is 0 Å². The van der Waals surface area contributed by atoms with Crippen molar-refractivity contribution >= 4 is 29.1 Å². The second-order valence-electron chi connectivity index (χ2n) is 8.78. The Morgan fingerprint density at radius 3 is 2.18 bits per heavy atom. The van der Waals surface area contributed by atoms with Crippen molar-refractivity contribution in [3.8, 4) is 0 Å². The van der Waals surface area contributed by atoms with Crippen LogP contribution in [-0.2, 0) is 9.54 Å². The van der Waals surface area contributed by atoms with E-state index in [2.05, 4.69) is 4.90 Å². The van der Waals surface area contributed by atoms with Crippen LogP contribution in [0.3, 0.4) is 0 Å². The smallest absolute Gasteiger partial charge is 0.249 e. The summed E-state index contributed by atoms with van der Waals surface area (Å²) in [5.74, 6) is -0.00517. The van der Waals surface area contributed by atoms with Crippen LogP contribution in [0.15, 0.2) is 89.8 Å². The van der Waals surface area contributed by atoms with Crippen LogP contribution in [0.1, 0.15) is 41.6 Å². The Morgan fingerprint density at radius 1 is 0.818 bits per heavy atom. The summed E-state index contributed by atoms with van der Waals surface area (Å²) in [7, 11) is 0. The first-order valence-corrected chi connectivity index (χ1v) is 12.5. The van der Waals surface area contributed by atoms with Crippen molar-refractivity contribution in [3.63, 3.8) is 0 Å². The van der Waals surface area contributed by atoms with Crippen molar-refractivity contribution in [1.82, 2.24) is 4.90 Å². The minimum atomic E-state index is -0.985. The van der Waals surface area contributed by atoms with Gasteiger partial charge in [0, 0.05) is 22.4 Å². The number of piperidine rings is 1. The van der Waals surface area contributed by atoms with Crippen LogP contribution in [0.2, 0.25) is 0 Å². The molecule has 1 saturated heterocycles. The lowest BCUT2D eigenvalue weighted by atomic mass is 9.91. The molecular weight excluding hydrogens is 428 g/mol. The Labute approximate surface area is 199 Å². The standard InChI is InChI=1S/C28H28N2O2S/c31-26(22-12-4-1-5-13-22)20-28(33-23-14-6-2-7-15-23)24-16-8-9-17-25(24)30(27(28)32)21-29-18-10-3-11-19-29/h1-2,4-9,12-17H,3,10-11,18-21H2. The van der Waals surface area contributed by atoms with Gasteiger partial charge in [-0.1, -0.05) is 73.2 Å². The number of likely N-dealkylation sites (tertiary alicyclic amines) is 1. The number of carbonyl (C=O) groups excluding carboxylic acids is 2. The second kappa shape index (κ2) is 9.54. The number of fused-ring (bicyclic) bond motifs is 1. The molecule has 2 aliphatic rings. The fourth-order valence-corrected chi connectivity index (χ4v) is 6.26. The van der Waals surface area contributed by atoms with Gasteiger partial charge in [0.1, 0.15) is 4.75 Å². The van der Waals surface area contributed by atoms with Gasteiger partial charge in [0.2, 0.25) is 5.91 Å². The number of amides is 1. The highest BCUT2D eigenvalue weighted by atomic mass is 32.2. The molecule has 2 aliphatic heterocycles. The summed E-state index contributed by atoms with van der Waals surface area (Å²) in [4.78, 5) is 33.0. The molecule has 33 heavy (non-hydrogen) atoms. The molecule has 0 spiro atoms. The first-order valence-electron chi connectivity index (χ1n) is 11.6. The van der Waals surface area contributed by atoms with Gasteiger partial charge in [-0.25, -0.2) is 0 Å². The molecule has 1 fully saturated rings. The Bertz CT molecular complexity index is 1130. The lowest BCUT2D eigenvalue weighted by molar-refractivity contribution is -0.120. The summed E-state index contributed by atoms with van der Waals surface area (Å²) >= 11 is 1.51. The maximum absolute atomic E-state index is 14.3. The zero-order valence-electron chi connectivity index (χ0n) is 18.7. The molecule has 2 heterocycles. The molecule has 0 bridgehead atoms. The Hall–Kier alpha value is -2.89. The molecule has 0 aliphatic carbocycles.